The maximum absolute atomic E-state index is 13.4. The summed E-state index contributed by atoms with van der Waals surface area (Å²) in [6.07, 6.45) is -4.42. The lowest BCUT2D eigenvalue weighted by Crippen LogP contribution is -2.49. The van der Waals surface area contributed by atoms with Crippen molar-refractivity contribution in [1.29, 1.82) is 0 Å². The molecule has 1 aliphatic rings. The van der Waals surface area contributed by atoms with E-state index in [2.05, 4.69) is 5.10 Å². The van der Waals surface area contributed by atoms with Gasteiger partial charge in [0.1, 0.15) is 11.5 Å². The quantitative estimate of drug-likeness (QED) is 0.560. The number of nitrogens with zero attached hydrogens (tertiary/aromatic N) is 4. The summed E-state index contributed by atoms with van der Waals surface area (Å²) >= 11 is 0. The number of halogens is 4. The molecule has 0 N–H and O–H groups in total. The summed E-state index contributed by atoms with van der Waals surface area (Å²) in [6.45, 7) is 1.31. The molecule has 3 aromatic rings. The normalized spacial score (nSPS) is 14.4. The molecular formula is C23H20F4N4O2. The van der Waals surface area contributed by atoms with Crippen LogP contribution in [0, 0.1) is 5.82 Å². The fraction of sp³-hybridized carbons (Fsp3) is 0.261. The van der Waals surface area contributed by atoms with E-state index in [0.29, 0.717) is 37.4 Å². The van der Waals surface area contributed by atoms with Crippen molar-refractivity contribution in [2.24, 2.45) is 0 Å². The van der Waals surface area contributed by atoms with Crippen molar-refractivity contribution in [2.75, 3.05) is 31.1 Å². The van der Waals surface area contributed by atoms with Crippen LogP contribution in [0.3, 0.4) is 0 Å². The first-order valence-corrected chi connectivity index (χ1v) is 10.2. The van der Waals surface area contributed by atoms with Crippen molar-refractivity contribution in [3.8, 4) is 0 Å². The van der Waals surface area contributed by atoms with Crippen LogP contribution >= 0.6 is 0 Å². The second kappa shape index (κ2) is 9.05. The SMILES string of the molecule is O=C(c1ccc(=O)n(Cc2cccc(F)c2)n1)N1CCN(c2cccc(C(F)(F)F)c2)CC1. The van der Waals surface area contributed by atoms with Gasteiger partial charge in [-0.15, -0.1) is 0 Å². The van der Waals surface area contributed by atoms with E-state index in [-0.39, 0.29) is 18.1 Å². The van der Waals surface area contributed by atoms with Crippen LogP contribution in [0.1, 0.15) is 21.6 Å². The van der Waals surface area contributed by atoms with Gasteiger partial charge in [-0.1, -0.05) is 18.2 Å². The summed E-state index contributed by atoms with van der Waals surface area (Å²) in [5, 5.41) is 4.14. The van der Waals surface area contributed by atoms with Crippen LogP contribution in [0.4, 0.5) is 23.2 Å². The van der Waals surface area contributed by atoms with E-state index < -0.39 is 23.1 Å². The van der Waals surface area contributed by atoms with Crippen LogP contribution in [-0.4, -0.2) is 46.8 Å². The third-order valence-corrected chi connectivity index (χ3v) is 5.41. The molecule has 4 rings (SSSR count). The van der Waals surface area contributed by atoms with Crippen LogP contribution in [-0.2, 0) is 12.7 Å². The lowest BCUT2D eigenvalue weighted by Gasteiger charge is -2.36. The van der Waals surface area contributed by atoms with Gasteiger partial charge < -0.3 is 9.80 Å². The predicted molar refractivity (Wildman–Crippen MR) is 114 cm³/mol. The maximum Gasteiger partial charge on any atom is 0.416 e. The van der Waals surface area contributed by atoms with Crippen molar-refractivity contribution in [3.05, 3.63) is 93.7 Å². The molecule has 1 aromatic heterocycles. The van der Waals surface area contributed by atoms with Crippen LogP contribution < -0.4 is 10.5 Å². The average Bonchev–Trinajstić information content (AvgIpc) is 2.80. The predicted octanol–water partition coefficient (Wildman–Crippen LogP) is 3.41. The van der Waals surface area contributed by atoms with Gasteiger partial charge in [-0.2, -0.15) is 18.3 Å². The molecule has 1 aliphatic heterocycles. The Hall–Kier alpha value is -3.69. The van der Waals surface area contributed by atoms with Gasteiger partial charge >= 0.3 is 6.18 Å². The zero-order valence-electron chi connectivity index (χ0n) is 17.4. The highest BCUT2D eigenvalue weighted by Crippen LogP contribution is 2.31. The number of amides is 1. The van der Waals surface area contributed by atoms with E-state index in [9.17, 15) is 27.2 Å². The number of anilines is 1. The van der Waals surface area contributed by atoms with Crippen LogP contribution in [0.15, 0.2) is 65.5 Å². The van der Waals surface area contributed by atoms with Gasteiger partial charge in [0.05, 0.1) is 12.1 Å². The summed E-state index contributed by atoms with van der Waals surface area (Å²) in [5.41, 5.74) is -0.102. The monoisotopic (exact) mass is 460 g/mol. The Morgan fingerprint density at radius 2 is 1.67 bits per heavy atom. The molecule has 10 heteroatoms. The topological polar surface area (TPSA) is 58.4 Å². The molecule has 6 nitrogen and oxygen atoms in total. The third kappa shape index (κ3) is 5.21. The molecule has 0 saturated carbocycles. The van der Waals surface area contributed by atoms with Gasteiger partial charge in [0.25, 0.3) is 11.5 Å². The molecule has 33 heavy (non-hydrogen) atoms. The highest BCUT2D eigenvalue weighted by Gasteiger charge is 2.31. The second-order valence-corrected chi connectivity index (χ2v) is 7.67. The largest absolute Gasteiger partial charge is 0.416 e. The van der Waals surface area contributed by atoms with E-state index in [1.54, 1.807) is 21.9 Å². The van der Waals surface area contributed by atoms with Gasteiger partial charge in [0.2, 0.25) is 0 Å². The number of hydrogen-bond donors (Lipinski definition) is 0. The summed E-state index contributed by atoms with van der Waals surface area (Å²) in [7, 11) is 0. The number of hydrogen-bond acceptors (Lipinski definition) is 4. The molecule has 0 atom stereocenters. The summed E-state index contributed by atoms with van der Waals surface area (Å²) in [5.74, 6) is -0.821. The Kier molecular flexibility index (Phi) is 6.17. The molecule has 0 radical (unpaired) electrons. The van der Waals surface area contributed by atoms with Gasteiger partial charge in [-0.25, -0.2) is 9.07 Å². The number of aromatic nitrogens is 2. The van der Waals surface area contributed by atoms with Crippen LogP contribution in [0.25, 0.3) is 0 Å². The molecular weight excluding hydrogens is 440 g/mol. The number of carbonyl (C=O) groups excluding carboxylic acids is 1. The van der Waals surface area contributed by atoms with Gasteiger partial charge in [-0.05, 0) is 42.0 Å². The minimum absolute atomic E-state index is 0.0149. The zero-order valence-corrected chi connectivity index (χ0v) is 17.4. The lowest BCUT2D eigenvalue weighted by molar-refractivity contribution is -0.137. The molecule has 0 unspecified atom stereocenters. The number of benzene rings is 2. The lowest BCUT2D eigenvalue weighted by atomic mass is 10.1. The first kappa shape index (κ1) is 22.5. The minimum Gasteiger partial charge on any atom is -0.368 e. The standard InChI is InChI=1S/C23H20F4N4O2/c24-18-5-1-3-16(13-18)15-31-21(32)8-7-20(28-31)22(33)30-11-9-29(10-12-30)19-6-2-4-17(14-19)23(25,26)27/h1-8,13-14H,9-12,15H2. The van der Waals surface area contributed by atoms with E-state index in [1.807, 2.05) is 0 Å². The van der Waals surface area contributed by atoms with Gasteiger partial charge in [0, 0.05) is 37.9 Å². The molecule has 1 fully saturated rings. The van der Waals surface area contributed by atoms with Gasteiger partial charge in [-0.3, -0.25) is 9.59 Å². The molecule has 172 valence electrons. The van der Waals surface area contributed by atoms with Crippen molar-refractivity contribution >= 4 is 11.6 Å². The highest BCUT2D eigenvalue weighted by atomic mass is 19.4. The van der Waals surface area contributed by atoms with E-state index in [0.717, 1.165) is 16.8 Å². The molecule has 0 aliphatic carbocycles. The smallest absolute Gasteiger partial charge is 0.368 e. The Morgan fingerprint density at radius 1 is 0.939 bits per heavy atom. The molecule has 1 saturated heterocycles. The first-order valence-electron chi connectivity index (χ1n) is 10.2. The van der Waals surface area contributed by atoms with Crippen LogP contribution in [0.5, 0.6) is 0 Å². The molecule has 2 aromatic carbocycles. The van der Waals surface area contributed by atoms with Crippen LogP contribution in [0.2, 0.25) is 0 Å². The Balaban J connectivity index is 1.44. The molecule has 1 amide bonds. The first-order chi connectivity index (χ1) is 15.7. The number of rotatable bonds is 4. The summed E-state index contributed by atoms with van der Waals surface area (Å²) in [6, 6.07) is 13.4. The molecule has 0 bridgehead atoms. The number of piperazine rings is 1. The van der Waals surface area contributed by atoms with E-state index in [4.69, 9.17) is 0 Å². The number of carbonyl (C=O) groups is 1. The Labute approximate surface area is 186 Å². The average molecular weight is 460 g/mol. The van der Waals surface area contributed by atoms with Gasteiger partial charge in [0.15, 0.2) is 0 Å². The number of alkyl halides is 3. The Morgan fingerprint density at radius 3 is 2.36 bits per heavy atom. The van der Waals surface area contributed by atoms with E-state index >= 15 is 0 Å². The summed E-state index contributed by atoms with van der Waals surface area (Å²) < 4.78 is 53.5. The maximum atomic E-state index is 13.4. The minimum atomic E-state index is -4.42. The fourth-order valence-corrected chi connectivity index (χ4v) is 3.69. The third-order valence-electron chi connectivity index (χ3n) is 5.41. The summed E-state index contributed by atoms with van der Waals surface area (Å²) in [4.78, 5) is 28.4. The van der Waals surface area contributed by atoms with E-state index in [1.165, 1.54) is 36.4 Å². The molecule has 0 spiro atoms. The van der Waals surface area contributed by atoms with Crippen molar-refractivity contribution < 1.29 is 22.4 Å². The van der Waals surface area contributed by atoms with Crippen molar-refractivity contribution in [3.63, 3.8) is 0 Å². The zero-order chi connectivity index (χ0) is 23.6. The Bertz CT molecular complexity index is 1220. The van der Waals surface area contributed by atoms with Crippen molar-refractivity contribution in [1.82, 2.24) is 14.7 Å². The second-order valence-electron chi connectivity index (χ2n) is 7.67. The highest BCUT2D eigenvalue weighted by molar-refractivity contribution is 5.92. The van der Waals surface area contributed by atoms with Crippen molar-refractivity contribution in [2.45, 2.75) is 12.7 Å². The molecule has 2 heterocycles. The fourth-order valence-electron chi connectivity index (χ4n) is 3.69.